The van der Waals surface area contributed by atoms with E-state index in [9.17, 15) is 22.8 Å². The summed E-state index contributed by atoms with van der Waals surface area (Å²) in [5.74, 6) is -6.09. The van der Waals surface area contributed by atoms with Gasteiger partial charge in [-0.1, -0.05) is 0 Å². The number of anilines is 1. The molecule has 1 heterocycles. The maximum Gasteiger partial charge on any atom is 0.321 e. The minimum atomic E-state index is -1.62. The van der Waals surface area contributed by atoms with E-state index in [0.717, 1.165) is 0 Å². The van der Waals surface area contributed by atoms with Crippen LogP contribution in [0, 0.1) is 23.4 Å². The molecule has 1 atom stereocenters. The van der Waals surface area contributed by atoms with E-state index in [4.69, 9.17) is 5.11 Å². The zero-order chi connectivity index (χ0) is 14.9. The molecule has 1 unspecified atom stereocenters. The molecule has 1 aromatic carbocycles. The number of urea groups is 1. The maximum atomic E-state index is 13.0. The number of rotatable bonds is 2. The molecule has 0 aromatic heterocycles. The smallest absolute Gasteiger partial charge is 0.321 e. The van der Waals surface area contributed by atoms with Gasteiger partial charge in [-0.25, -0.2) is 18.0 Å². The third-order valence-corrected chi connectivity index (χ3v) is 3.06. The zero-order valence-corrected chi connectivity index (χ0v) is 10.2. The van der Waals surface area contributed by atoms with Crippen LogP contribution < -0.4 is 5.32 Å². The molecular weight excluding hydrogens is 277 g/mol. The summed E-state index contributed by atoms with van der Waals surface area (Å²) in [5, 5.41) is 11.0. The Morgan fingerprint density at radius 2 is 1.85 bits per heavy atom. The summed E-state index contributed by atoms with van der Waals surface area (Å²) >= 11 is 0. The number of nitrogens with one attached hydrogen (secondary N) is 1. The molecule has 0 radical (unpaired) electrons. The van der Waals surface area contributed by atoms with Gasteiger partial charge in [0.15, 0.2) is 17.5 Å². The molecule has 0 saturated carbocycles. The van der Waals surface area contributed by atoms with Gasteiger partial charge in [-0.15, -0.1) is 0 Å². The fraction of sp³-hybridized carbons (Fsp3) is 0.333. The van der Waals surface area contributed by atoms with Crippen LogP contribution in [0.4, 0.5) is 23.7 Å². The molecule has 8 heteroatoms. The van der Waals surface area contributed by atoms with Crippen molar-refractivity contribution in [2.45, 2.75) is 6.42 Å². The third-order valence-electron chi connectivity index (χ3n) is 3.06. The molecule has 108 valence electrons. The maximum absolute atomic E-state index is 13.0. The van der Waals surface area contributed by atoms with Crippen molar-refractivity contribution in [3.63, 3.8) is 0 Å². The second-order valence-electron chi connectivity index (χ2n) is 4.45. The van der Waals surface area contributed by atoms with Crippen LogP contribution in [0.2, 0.25) is 0 Å². The van der Waals surface area contributed by atoms with Crippen molar-refractivity contribution in [1.82, 2.24) is 4.90 Å². The number of carbonyl (C=O) groups excluding carboxylic acids is 1. The van der Waals surface area contributed by atoms with Crippen LogP contribution in [-0.2, 0) is 4.79 Å². The number of amides is 2. The van der Waals surface area contributed by atoms with Gasteiger partial charge in [0.1, 0.15) is 0 Å². The summed E-state index contributed by atoms with van der Waals surface area (Å²) in [7, 11) is 0. The van der Waals surface area contributed by atoms with E-state index in [0.29, 0.717) is 18.6 Å². The molecule has 20 heavy (non-hydrogen) atoms. The van der Waals surface area contributed by atoms with Crippen molar-refractivity contribution in [2.75, 3.05) is 18.4 Å². The van der Waals surface area contributed by atoms with E-state index >= 15 is 0 Å². The lowest BCUT2D eigenvalue weighted by atomic mass is 10.1. The fourth-order valence-corrected chi connectivity index (χ4v) is 1.98. The highest BCUT2D eigenvalue weighted by atomic mass is 19.2. The van der Waals surface area contributed by atoms with Gasteiger partial charge in [-0.3, -0.25) is 4.79 Å². The highest BCUT2D eigenvalue weighted by Crippen LogP contribution is 2.20. The first-order chi connectivity index (χ1) is 9.38. The molecule has 0 aliphatic carbocycles. The van der Waals surface area contributed by atoms with Crippen LogP contribution >= 0.6 is 0 Å². The molecule has 0 spiro atoms. The molecular formula is C12H11F3N2O3. The molecule has 5 nitrogen and oxygen atoms in total. The quantitative estimate of drug-likeness (QED) is 0.818. The van der Waals surface area contributed by atoms with E-state index in [2.05, 4.69) is 5.32 Å². The summed E-state index contributed by atoms with van der Waals surface area (Å²) in [4.78, 5) is 23.7. The number of benzene rings is 1. The summed E-state index contributed by atoms with van der Waals surface area (Å²) < 4.78 is 38.7. The number of carboxylic acid groups (broad SMARTS) is 1. The van der Waals surface area contributed by atoms with Gasteiger partial charge in [0.25, 0.3) is 0 Å². The molecule has 1 aromatic rings. The summed E-state index contributed by atoms with van der Waals surface area (Å²) in [6, 6.07) is 0.626. The Kier molecular flexibility index (Phi) is 3.82. The molecule has 1 aliphatic heterocycles. The number of hydrogen-bond acceptors (Lipinski definition) is 2. The number of nitrogens with zero attached hydrogens (tertiary/aromatic N) is 1. The number of carboxylic acids is 1. The largest absolute Gasteiger partial charge is 0.481 e. The molecule has 1 aliphatic rings. The Bertz CT molecular complexity index is 542. The van der Waals surface area contributed by atoms with Crippen molar-refractivity contribution < 1.29 is 27.9 Å². The lowest BCUT2D eigenvalue weighted by molar-refractivity contribution is -0.141. The van der Waals surface area contributed by atoms with Crippen LogP contribution in [-0.4, -0.2) is 35.1 Å². The third kappa shape index (κ3) is 2.84. The van der Waals surface area contributed by atoms with Crippen molar-refractivity contribution in [2.24, 2.45) is 5.92 Å². The first-order valence-electron chi connectivity index (χ1n) is 5.81. The van der Waals surface area contributed by atoms with Crippen LogP contribution in [0.1, 0.15) is 6.42 Å². The Balaban J connectivity index is 2.04. The first kappa shape index (κ1) is 14.2. The second kappa shape index (κ2) is 5.40. The molecule has 2 N–H and O–H groups in total. The van der Waals surface area contributed by atoms with E-state index in [-0.39, 0.29) is 18.8 Å². The number of aliphatic carboxylic acids is 1. The van der Waals surface area contributed by atoms with E-state index in [1.54, 1.807) is 0 Å². The van der Waals surface area contributed by atoms with Crippen molar-refractivity contribution in [3.05, 3.63) is 29.6 Å². The SMILES string of the molecule is O=C(O)C1CCN(C(=O)Nc2cc(F)c(F)c(F)c2)C1. The van der Waals surface area contributed by atoms with E-state index < -0.39 is 35.4 Å². The lowest BCUT2D eigenvalue weighted by Gasteiger charge is -2.16. The summed E-state index contributed by atoms with van der Waals surface area (Å²) in [6.07, 6.45) is 0.314. The Morgan fingerprint density at radius 3 is 2.35 bits per heavy atom. The molecule has 1 fully saturated rings. The number of carbonyl (C=O) groups is 2. The van der Waals surface area contributed by atoms with Gasteiger partial charge in [0, 0.05) is 30.9 Å². The van der Waals surface area contributed by atoms with Gasteiger partial charge in [0.2, 0.25) is 0 Å². The normalized spacial score (nSPS) is 18.1. The van der Waals surface area contributed by atoms with E-state index in [1.807, 2.05) is 0 Å². The number of hydrogen-bond donors (Lipinski definition) is 2. The van der Waals surface area contributed by atoms with Crippen LogP contribution in [0.3, 0.4) is 0 Å². The van der Waals surface area contributed by atoms with Crippen LogP contribution in [0.25, 0.3) is 0 Å². The van der Waals surface area contributed by atoms with Crippen molar-refractivity contribution in [3.8, 4) is 0 Å². The predicted molar refractivity (Wildman–Crippen MR) is 62.7 cm³/mol. The van der Waals surface area contributed by atoms with Crippen LogP contribution in [0.5, 0.6) is 0 Å². The molecule has 0 bridgehead atoms. The predicted octanol–water partition coefficient (Wildman–Crippen LogP) is 2.04. The average Bonchev–Trinajstić information content (AvgIpc) is 2.85. The van der Waals surface area contributed by atoms with Gasteiger partial charge in [0.05, 0.1) is 5.92 Å². The fourth-order valence-electron chi connectivity index (χ4n) is 1.98. The van der Waals surface area contributed by atoms with Gasteiger partial charge < -0.3 is 15.3 Å². The average molecular weight is 288 g/mol. The summed E-state index contributed by atoms with van der Waals surface area (Å²) in [5.41, 5.74) is -0.231. The minimum absolute atomic E-state index is 0.0212. The highest BCUT2D eigenvalue weighted by Gasteiger charge is 2.31. The number of likely N-dealkylation sites (tertiary alicyclic amines) is 1. The number of halogens is 3. The molecule has 2 rings (SSSR count). The highest BCUT2D eigenvalue weighted by molar-refractivity contribution is 5.90. The van der Waals surface area contributed by atoms with Crippen LogP contribution in [0.15, 0.2) is 12.1 Å². The topological polar surface area (TPSA) is 69.6 Å². The zero-order valence-electron chi connectivity index (χ0n) is 10.2. The Labute approximate surface area is 112 Å². The monoisotopic (exact) mass is 288 g/mol. The van der Waals surface area contributed by atoms with Crippen molar-refractivity contribution in [1.29, 1.82) is 0 Å². The minimum Gasteiger partial charge on any atom is -0.481 e. The van der Waals surface area contributed by atoms with Gasteiger partial charge >= 0.3 is 12.0 Å². The first-order valence-corrected chi connectivity index (χ1v) is 5.81. The lowest BCUT2D eigenvalue weighted by Crippen LogP contribution is -2.33. The molecule has 1 saturated heterocycles. The standard InChI is InChI=1S/C12H11F3N2O3/c13-8-3-7(4-9(14)10(8)15)16-12(20)17-2-1-6(5-17)11(18)19/h3-4,6H,1-2,5H2,(H,16,20)(H,18,19). The van der Waals surface area contributed by atoms with Gasteiger partial charge in [-0.05, 0) is 6.42 Å². The Morgan fingerprint density at radius 1 is 1.25 bits per heavy atom. The summed E-state index contributed by atoms with van der Waals surface area (Å²) in [6.45, 7) is 0.252. The molecule has 2 amide bonds. The Hall–Kier alpha value is -2.25. The van der Waals surface area contributed by atoms with Crippen molar-refractivity contribution >= 4 is 17.7 Å². The second-order valence-corrected chi connectivity index (χ2v) is 4.45. The van der Waals surface area contributed by atoms with Gasteiger partial charge in [-0.2, -0.15) is 0 Å². The van der Waals surface area contributed by atoms with E-state index in [1.165, 1.54) is 4.90 Å².